The Kier molecular flexibility index (Phi) is 4.36. The zero-order valence-corrected chi connectivity index (χ0v) is 10.1. The number of carbonyl (C=O) groups excluding carboxylic acids is 2. The molecule has 1 heterocycles. The highest BCUT2D eigenvalue weighted by Gasteiger charge is 2.21. The number of nitrogens with one attached hydrogen (secondary N) is 1. The average molecular weight is 240 g/mol. The Morgan fingerprint density at radius 3 is 2.94 bits per heavy atom. The third-order valence-corrected chi connectivity index (χ3v) is 3.17. The van der Waals surface area contributed by atoms with Gasteiger partial charge in [0.15, 0.2) is 0 Å². The predicted molar refractivity (Wildman–Crippen MR) is 62.4 cm³/mol. The van der Waals surface area contributed by atoms with Gasteiger partial charge in [0.25, 0.3) is 0 Å². The molecule has 0 aromatic heterocycles. The van der Waals surface area contributed by atoms with E-state index in [4.69, 9.17) is 4.74 Å². The van der Waals surface area contributed by atoms with Crippen molar-refractivity contribution in [2.24, 2.45) is 5.92 Å². The molecule has 0 bridgehead atoms. The molecule has 17 heavy (non-hydrogen) atoms. The number of amides is 2. The van der Waals surface area contributed by atoms with Crippen molar-refractivity contribution < 1.29 is 14.3 Å². The minimum absolute atomic E-state index is 0.0121. The van der Waals surface area contributed by atoms with Crippen molar-refractivity contribution in [2.75, 3.05) is 32.8 Å². The van der Waals surface area contributed by atoms with Crippen molar-refractivity contribution in [2.45, 2.75) is 25.7 Å². The molecule has 1 aliphatic heterocycles. The van der Waals surface area contributed by atoms with Gasteiger partial charge in [-0.25, -0.2) is 0 Å². The molecule has 2 rings (SSSR count). The van der Waals surface area contributed by atoms with Crippen LogP contribution in [0.15, 0.2) is 0 Å². The molecule has 2 aliphatic rings. The summed E-state index contributed by atoms with van der Waals surface area (Å²) in [7, 11) is 0. The number of nitrogens with zero attached hydrogens (tertiary/aromatic N) is 1. The lowest BCUT2D eigenvalue weighted by molar-refractivity contribution is -0.130. The predicted octanol–water partition coefficient (Wildman–Crippen LogP) is 0.152. The van der Waals surface area contributed by atoms with Gasteiger partial charge in [-0.1, -0.05) is 0 Å². The quantitative estimate of drug-likeness (QED) is 0.672. The molecule has 0 aromatic rings. The SMILES string of the molecule is O=C1CCN(CCCOCC2CC2)C(=O)CN1. The molecule has 0 radical (unpaired) electrons. The lowest BCUT2D eigenvalue weighted by Crippen LogP contribution is -2.36. The molecule has 1 N–H and O–H groups in total. The maximum atomic E-state index is 11.6. The van der Waals surface area contributed by atoms with Gasteiger partial charge in [-0.15, -0.1) is 0 Å². The van der Waals surface area contributed by atoms with Crippen LogP contribution in [0.5, 0.6) is 0 Å². The van der Waals surface area contributed by atoms with Crippen LogP contribution in [0.1, 0.15) is 25.7 Å². The van der Waals surface area contributed by atoms with E-state index < -0.39 is 0 Å². The van der Waals surface area contributed by atoms with Crippen molar-refractivity contribution in [3.05, 3.63) is 0 Å². The molecule has 5 nitrogen and oxygen atoms in total. The molecule has 96 valence electrons. The molecule has 1 aliphatic carbocycles. The highest BCUT2D eigenvalue weighted by molar-refractivity contribution is 5.87. The maximum absolute atomic E-state index is 11.6. The molecule has 1 saturated carbocycles. The lowest BCUT2D eigenvalue weighted by atomic mass is 10.3. The van der Waals surface area contributed by atoms with Crippen LogP contribution in [0.3, 0.4) is 0 Å². The zero-order chi connectivity index (χ0) is 12.1. The topological polar surface area (TPSA) is 58.6 Å². The molecule has 2 amide bonds. The van der Waals surface area contributed by atoms with Crippen LogP contribution >= 0.6 is 0 Å². The van der Waals surface area contributed by atoms with E-state index in [0.29, 0.717) is 26.1 Å². The third-order valence-electron chi connectivity index (χ3n) is 3.17. The van der Waals surface area contributed by atoms with Crippen molar-refractivity contribution in [3.63, 3.8) is 0 Å². The Labute approximate surface area is 101 Å². The lowest BCUT2D eigenvalue weighted by Gasteiger charge is -2.19. The fourth-order valence-electron chi connectivity index (χ4n) is 1.86. The number of ether oxygens (including phenoxy) is 1. The van der Waals surface area contributed by atoms with Crippen molar-refractivity contribution in [1.29, 1.82) is 0 Å². The molecule has 2 fully saturated rings. The first-order chi connectivity index (χ1) is 8.25. The number of hydrogen-bond acceptors (Lipinski definition) is 3. The Bertz CT molecular complexity index is 289. The average Bonchev–Trinajstić information content (AvgIpc) is 3.13. The fourth-order valence-corrected chi connectivity index (χ4v) is 1.86. The highest BCUT2D eigenvalue weighted by atomic mass is 16.5. The van der Waals surface area contributed by atoms with Crippen LogP contribution < -0.4 is 5.32 Å². The van der Waals surface area contributed by atoms with Gasteiger partial charge < -0.3 is 15.0 Å². The molecule has 0 atom stereocenters. The van der Waals surface area contributed by atoms with Crippen LogP contribution in [0, 0.1) is 5.92 Å². The summed E-state index contributed by atoms with van der Waals surface area (Å²) in [6.07, 6.45) is 3.87. The third kappa shape index (κ3) is 4.34. The standard InChI is InChI=1S/C12H20N2O3/c15-11-4-6-14(12(16)8-13-11)5-1-7-17-9-10-2-3-10/h10H,1-9H2,(H,13,15). The van der Waals surface area contributed by atoms with E-state index in [9.17, 15) is 9.59 Å². The molecular formula is C12H20N2O3. The highest BCUT2D eigenvalue weighted by Crippen LogP contribution is 2.28. The van der Waals surface area contributed by atoms with Gasteiger partial charge in [-0.05, 0) is 25.2 Å². The Hall–Kier alpha value is -1.10. The first kappa shape index (κ1) is 12.4. The van der Waals surface area contributed by atoms with E-state index in [-0.39, 0.29) is 18.4 Å². The van der Waals surface area contributed by atoms with Crippen molar-refractivity contribution >= 4 is 11.8 Å². The van der Waals surface area contributed by atoms with Crippen molar-refractivity contribution in [3.8, 4) is 0 Å². The number of carbonyl (C=O) groups is 2. The van der Waals surface area contributed by atoms with E-state index >= 15 is 0 Å². The second kappa shape index (κ2) is 6.00. The van der Waals surface area contributed by atoms with Gasteiger partial charge in [0.1, 0.15) is 0 Å². The summed E-state index contributed by atoms with van der Waals surface area (Å²) in [5.41, 5.74) is 0. The summed E-state index contributed by atoms with van der Waals surface area (Å²) in [4.78, 5) is 24.5. The maximum Gasteiger partial charge on any atom is 0.241 e. The summed E-state index contributed by atoms with van der Waals surface area (Å²) in [5.74, 6) is 0.764. The van der Waals surface area contributed by atoms with Crippen LogP contribution in [0.4, 0.5) is 0 Å². The molecular weight excluding hydrogens is 220 g/mol. The summed E-state index contributed by atoms with van der Waals surface area (Å²) in [5, 5.41) is 2.59. The van der Waals surface area contributed by atoms with E-state index in [1.807, 2.05) is 0 Å². The smallest absolute Gasteiger partial charge is 0.241 e. The minimum atomic E-state index is -0.0363. The van der Waals surface area contributed by atoms with Gasteiger partial charge >= 0.3 is 0 Å². The summed E-state index contributed by atoms with van der Waals surface area (Å²) in [6, 6.07) is 0. The Morgan fingerprint density at radius 1 is 1.35 bits per heavy atom. The molecule has 0 spiro atoms. The van der Waals surface area contributed by atoms with Crippen LogP contribution in [0.2, 0.25) is 0 Å². The monoisotopic (exact) mass is 240 g/mol. The van der Waals surface area contributed by atoms with E-state index in [1.165, 1.54) is 12.8 Å². The normalized spacial score (nSPS) is 21.3. The molecule has 0 unspecified atom stereocenters. The Balaban J connectivity index is 1.59. The van der Waals surface area contributed by atoms with Crippen LogP contribution in [-0.2, 0) is 14.3 Å². The van der Waals surface area contributed by atoms with Gasteiger partial charge in [-0.3, -0.25) is 9.59 Å². The second-order valence-electron chi connectivity index (χ2n) is 4.78. The molecule has 1 saturated heterocycles. The second-order valence-corrected chi connectivity index (χ2v) is 4.78. The first-order valence-corrected chi connectivity index (χ1v) is 6.38. The fraction of sp³-hybridized carbons (Fsp3) is 0.833. The molecule has 0 aromatic carbocycles. The molecule has 5 heteroatoms. The van der Waals surface area contributed by atoms with E-state index in [0.717, 1.165) is 18.9 Å². The van der Waals surface area contributed by atoms with Gasteiger partial charge in [-0.2, -0.15) is 0 Å². The van der Waals surface area contributed by atoms with Crippen molar-refractivity contribution in [1.82, 2.24) is 10.2 Å². The summed E-state index contributed by atoms with van der Waals surface area (Å²) in [6.45, 7) is 2.95. The largest absolute Gasteiger partial charge is 0.381 e. The van der Waals surface area contributed by atoms with E-state index in [2.05, 4.69) is 5.32 Å². The minimum Gasteiger partial charge on any atom is -0.381 e. The Morgan fingerprint density at radius 2 is 2.18 bits per heavy atom. The van der Waals surface area contributed by atoms with Crippen LogP contribution in [0.25, 0.3) is 0 Å². The first-order valence-electron chi connectivity index (χ1n) is 6.38. The van der Waals surface area contributed by atoms with Gasteiger partial charge in [0.2, 0.25) is 11.8 Å². The van der Waals surface area contributed by atoms with E-state index in [1.54, 1.807) is 4.90 Å². The number of hydrogen-bond donors (Lipinski definition) is 1. The summed E-state index contributed by atoms with van der Waals surface area (Å²) >= 11 is 0. The zero-order valence-electron chi connectivity index (χ0n) is 10.1. The summed E-state index contributed by atoms with van der Waals surface area (Å²) < 4.78 is 5.52. The van der Waals surface area contributed by atoms with Crippen LogP contribution in [-0.4, -0.2) is 49.6 Å². The number of rotatable bonds is 6. The van der Waals surface area contributed by atoms with Gasteiger partial charge in [0, 0.05) is 32.7 Å². The van der Waals surface area contributed by atoms with Gasteiger partial charge in [0.05, 0.1) is 6.54 Å².